The molecule has 0 aliphatic carbocycles. The monoisotopic (exact) mass is 334 g/mol. The molecule has 1 aliphatic rings. The topological polar surface area (TPSA) is 66.5 Å². The molecule has 2 rings (SSSR count). The zero-order valence-corrected chi connectivity index (χ0v) is 13.0. The summed E-state index contributed by atoms with van der Waals surface area (Å²) in [5.74, 6) is -1.11. The number of hydrogen-bond donors (Lipinski definition) is 1. The van der Waals surface area contributed by atoms with Gasteiger partial charge < -0.3 is 4.90 Å². The molecule has 21 heavy (non-hydrogen) atoms. The van der Waals surface area contributed by atoms with Crippen LogP contribution in [0.1, 0.15) is 23.2 Å². The molecule has 1 aromatic carbocycles. The molecule has 1 atom stereocenters. The fourth-order valence-electron chi connectivity index (χ4n) is 2.39. The van der Waals surface area contributed by atoms with Crippen molar-refractivity contribution in [2.75, 3.05) is 19.3 Å². The quantitative estimate of drug-likeness (QED) is 0.913. The fraction of sp³-hybridized carbons (Fsp3) is 0.462. The van der Waals surface area contributed by atoms with Gasteiger partial charge in [-0.15, -0.1) is 0 Å². The predicted molar refractivity (Wildman–Crippen MR) is 78.3 cm³/mol. The summed E-state index contributed by atoms with van der Waals surface area (Å²) in [6.45, 7) is 0.685. The standard InChI is InChI=1S/C13H16ClFN2O3S/c1-21(19,20)16-10-3-2-6-17(8-10)13(18)11-7-9(14)4-5-12(11)15/h4-5,7,10,16H,2-3,6,8H2,1H3/t10-/m1/s1. The maximum atomic E-state index is 13.7. The Bertz CT molecular complexity index is 651. The van der Waals surface area contributed by atoms with Gasteiger partial charge in [-0.2, -0.15) is 0 Å². The number of benzene rings is 1. The van der Waals surface area contributed by atoms with Crippen LogP contribution in [0.5, 0.6) is 0 Å². The molecule has 116 valence electrons. The van der Waals surface area contributed by atoms with Crippen LogP contribution in [0.2, 0.25) is 5.02 Å². The normalized spacial score (nSPS) is 19.6. The first-order valence-corrected chi connectivity index (χ1v) is 8.75. The Labute approximate surface area is 128 Å². The van der Waals surface area contributed by atoms with Gasteiger partial charge in [-0.3, -0.25) is 4.79 Å². The summed E-state index contributed by atoms with van der Waals surface area (Å²) < 4.78 is 38.7. The molecule has 1 amide bonds. The summed E-state index contributed by atoms with van der Waals surface area (Å²) in [6, 6.07) is 3.45. The first-order chi connectivity index (χ1) is 9.76. The van der Waals surface area contributed by atoms with Crippen LogP contribution in [0.25, 0.3) is 0 Å². The molecular weight excluding hydrogens is 319 g/mol. The Morgan fingerprint density at radius 1 is 1.48 bits per heavy atom. The van der Waals surface area contributed by atoms with E-state index < -0.39 is 21.7 Å². The van der Waals surface area contributed by atoms with Crippen molar-refractivity contribution in [1.29, 1.82) is 0 Å². The highest BCUT2D eigenvalue weighted by Gasteiger charge is 2.27. The van der Waals surface area contributed by atoms with E-state index in [4.69, 9.17) is 11.6 Å². The van der Waals surface area contributed by atoms with Crippen molar-refractivity contribution in [3.05, 3.63) is 34.6 Å². The maximum Gasteiger partial charge on any atom is 0.256 e. The van der Waals surface area contributed by atoms with Gasteiger partial charge in [0, 0.05) is 24.2 Å². The van der Waals surface area contributed by atoms with E-state index in [9.17, 15) is 17.6 Å². The molecule has 1 fully saturated rings. The van der Waals surface area contributed by atoms with Crippen molar-refractivity contribution < 1.29 is 17.6 Å². The summed E-state index contributed by atoms with van der Waals surface area (Å²) in [7, 11) is -3.34. The van der Waals surface area contributed by atoms with Crippen molar-refractivity contribution in [3.8, 4) is 0 Å². The van der Waals surface area contributed by atoms with Crippen LogP contribution >= 0.6 is 11.6 Å². The van der Waals surface area contributed by atoms with Gasteiger partial charge in [0.1, 0.15) is 5.82 Å². The largest absolute Gasteiger partial charge is 0.337 e. The van der Waals surface area contributed by atoms with E-state index in [1.54, 1.807) is 0 Å². The zero-order valence-electron chi connectivity index (χ0n) is 11.5. The molecule has 0 spiro atoms. The number of amides is 1. The molecule has 1 heterocycles. The third-order valence-electron chi connectivity index (χ3n) is 3.25. The zero-order chi connectivity index (χ0) is 15.6. The lowest BCUT2D eigenvalue weighted by molar-refractivity contribution is 0.0698. The molecule has 1 aliphatic heterocycles. The molecule has 8 heteroatoms. The van der Waals surface area contributed by atoms with Gasteiger partial charge in [0.05, 0.1) is 11.8 Å². The number of rotatable bonds is 3. The lowest BCUT2D eigenvalue weighted by Gasteiger charge is -2.32. The van der Waals surface area contributed by atoms with E-state index in [-0.39, 0.29) is 23.2 Å². The smallest absolute Gasteiger partial charge is 0.256 e. The summed E-state index contributed by atoms with van der Waals surface area (Å²) in [4.78, 5) is 13.8. The second kappa shape index (κ2) is 6.29. The van der Waals surface area contributed by atoms with Gasteiger partial charge in [-0.05, 0) is 31.0 Å². The molecule has 1 saturated heterocycles. The van der Waals surface area contributed by atoms with Crippen molar-refractivity contribution >= 4 is 27.5 Å². The minimum absolute atomic E-state index is 0.0949. The Morgan fingerprint density at radius 2 is 2.19 bits per heavy atom. The van der Waals surface area contributed by atoms with E-state index >= 15 is 0 Å². The highest BCUT2D eigenvalue weighted by Crippen LogP contribution is 2.19. The van der Waals surface area contributed by atoms with Crippen LogP contribution in [0.15, 0.2) is 18.2 Å². The number of likely N-dealkylation sites (tertiary alicyclic amines) is 1. The molecule has 0 bridgehead atoms. The minimum atomic E-state index is -3.34. The van der Waals surface area contributed by atoms with Gasteiger partial charge in [0.2, 0.25) is 10.0 Å². The summed E-state index contributed by atoms with van der Waals surface area (Å²) in [5.41, 5.74) is -0.0949. The van der Waals surface area contributed by atoms with Crippen molar-refractivity contribution in [1.82, 2.24) is 9.62 Å². The Balaban J connectivity index is 2.14. The number of carbonyl (C=O) groups excluding carboxylic acids is 1. The van der Waals surface area contributed by atoms with Gasteiger partial charge >= 0.3 is 0 Å². The number of sulfonamides is 1. The fourth-order valence-corrected chi connectivity index (χ4v) is 3.36. The van der Waals surface area contributed by atoms with Crippen LogP contribution in [-0.2, 0) is 10.0 Å². The van der Waals surface area contributed by atoms with Crippen molar-refractivity contribution in [3.63, 3.8) is 0 Å². The molecule has 1 aromatic rings. The number of halogens is 2. The molecule has 0 unspecified atom stereocenters. The van der Waals surface area contributed by atoms with Gasteiger partial charge in [-0.25, -0.2) is 17.5 Å². The highest BCUT2D eigenvalue weighted by molar-refractivity contribution is 7.88. The van der Waals surface area contributed by atoms with Crippen LogP contribution in [0.4, 0.5) is 4.39 Å². The van der Waals surface area contributed by atoms with Gasteiger partial charge in [0.25, 0.3) is 5.91 Å². The summed E-state index contributed by atoms with van der Waals surface area (Å²) in [5, 5.41) is 0.280. The minimum Gasteiger partial charge on any atom is -0.337 e. The van der Waals surface area contributed by atoms with Crippen molar-refractivity contribution in [2.24, 2.45) is 0 Å². The molecule has 0 aromatic heterocycles. The molecule has 0 radical (unpaired) electrons. The third kappa shape index (κ3) is 4.39. The molecule has 0 saturated carbocycles. The number of hydrogen-bond acceptors (Lipinski definition) is 3. The number of nitrogens with zero attached hydrogens (tertiary/aromatic N) is 1. The summed E-state index contributed by atoms with van der Waals surface area (Å²) in [6.07, 6.45) is 2.38. The van der Waals surface area contributed by atoms with Crippen LogP contribution in [-0.4, -0.2) is 44.6 Å². The van der Waals surface area contributed by atoms with Gasteiger partial charge in [-0.1, -0.05) is 11.6 Å². The van der Waals surface area contributed by atoms with E-state index in [0.29, 0.717) is 19.4 Å². The molecular formula is C13H16ClFN2O3S. The van der Waals surface area contributed by atoms with Crippen LogP contribution in [0.3, 0.4) is 0 Å². The van der Waals surface area contributed by atoms with Crippen LogP contribution < -0.4 is 4.72 Å². The second-order valence-electron chi connectivity index (χ2n) is 5.10. The lowest BCUT2D eigenvalue weighted by Crippen LogP contribution is -2.49. The molecule has 5 nitrogen and oxygen atoms in total. The van der Waals surface area contributed by atoms with Crippen LogP contribution in [0, 0.1) is 5.82 Å². The average molecular weight is 335 g/mol. The highest BCUT2D eigenvalue weighted by atomic mass is 35.5. The van der Waals surface area contributed by atoms with E-state index in [2.05, 4.69) is 4.72 Å². The number of carbonyl (C=O) groups is 1. The first-order valence-electron chi connectivity index (χ1n) is 6.48. The number of nitrogens with one attached hydrogen (secondary N) is 1. The molecule has 1 N–H and O–H groups in total. The van der Waals surface area contributed by atoms with Gasteiger partial charge in [0.15, 0.2) is 0 Å². The van der Waals surface area contributed by atoms with Crippen molar-refractivity contribution in [2.45, 2.75) is 18.9 Å². The SMILES string of the molecule is CS(=O)(=O)N[C@@H]1CCCN(C(=O)c2cc(Cl)ccc2F)C1. The van der Waals surface area contributed by atoms with E-state index in [1.807, 2.05) is 0 Å². The maximum absolute atomic E-state index is 13.7. The third-order valence-corrected chi connectivity index (χ3v) is 4.24. The second-order valence-corrected chi connectivity index (χ2v) is 7.32. The predicted octanol–water partition coefficient (Wildman–Crippen LogP) is 1.63. The summed E-state index contributed by atoms with van der Waals surface area (Å²) >= 11 is 5.79. The number of piperidine rings is 1. The van der Waals surface area contributed by atoms with E-state index in [0.717, 1.165) is 12.3 Å². The Morgan fingerprint density at radius 3 is 2.86 bits per heavy atom. The average Bonchev–Trinajstić information content (AvgIpc) is 2.39. The Hall–Kier alpha value is -1.18. The lowest BCUT2D eigenvalue weighted by atomic mass is 10.1. The van der Waals surface area contributed by atoms with E-state index in [1.165, 1.54) is 17.0 Å². The Kier molecular flexibility index (Phi) is 4.85. The first kappa shape index (κ1) is 16.2.